The predicted molar refractivity (Wildman–Crippen MR) is 66.1 cm³/mol. The Morgan fingerprint density at radius 3 is 2.53 bits per heavy atom. The maximum atomic E-state index is 10.9. The zero-order valence-corrected chi connectivity index (χ0v) is 10.7. The fraction of sp³-hybridized carbons (Fsp3) is 0.583. The van der Waals surface area contributed by atoms with Crippen LogP contribution in [0.5, 0.6) is 0 Å². The summed E-state index contributed by atoms with van der Waals surface area (Å²) in [5.74, 6) is -0.253. The van der Waals surface area contributed by atoms with Gasteiger partial charge in [-0.1, -0.05) is 27.7 Å². The fourth-order valence-corrected chi connectivity index (χ4v) is 1.14. The number of hydrogen-bond acceptors (Lipinski definition) is 4. The zero-order chi connectivity index (χ0) is 13.1. The van der Waals surface area contributed by atoms with Crippen molar-refractivity contribution in [3.8, 4) is 0 Å². The summed E-state index contributed by atoms with van der Waals surface area (Å²) in [7, 11) is 0. The quantitative estimate of drug-likeness (QED) is 0.821. The Hall–Kier alpha value is -1.65. The van der Waals surface area contributed by atoms with Gasteiger partial charge in [0.15, 0.2) is 11.5 Å². The highest BCUT2D eigenvalue weighted by molar-refractivity contribution is 5.90. The second-order valence-electron chi connectivity index (χ2n) is 5.06. The number of aromatic nitrogens is 2. The van der Waals surface area contributed by atoms with E-state index in [4.69, 9.17) is 5.11 Å². The van der Waals surface area contributed by atoms with Gasteiger partial charge in [-0.05, 0) is 11.3 Å². The number of carbonyl (C=O) groups is 1. The molecule has 0 fully saturated rings. The Labute approximate surface area is 101 Å². The standard InChI is InChI=1S/C12H19N3O2/c1-8(2)12(3,4)7-15-10-9(11(16)17)13-5-6-14-10/h5-6,8H,7H2,1-4H3,(H,14,15)(H,16,17). The van der Waals surface area contributed by atoms with Crippen molar-refractivity contribution < 1.29 is 9.90 Å². The molecule has 94 valence electrons. The molecule has 0 saturated heterocycles. The normalized spacial score (nSPS) is 11.6. The lowest BCUT2D eigenvalue weighted by Crippen LogP contribution is -2.29. The average molecular weight is 237 g/mol. The molecule has 2 N–H and O–H groups in total. The molecule has 0 aliphatic heterocycles. The summed E-state index contributed by atoms with van der Waals surface area (Å²) in [5.41, 5.74) is 0.0277. The molecule has 5 heteroatoms. The Morgan fingerprint density at radius 1 is 1.41 bits per heavy atom. The van der Waals surface area contributed by atoms with Crippen molar-refractivity contribution in [2.75, 3.05) is 11.9 Å². The van der Waals surface area contributed by atoms with Crippen LogP contribution in [0.4, 0.5) is 5.82 Å². The SMILES string of the molecule is CC(C)C(C)(C)CNc1nccnc1C(=O)O. The number of rotatable bonds is 5. The number of nitrogens with zero attached hydrogens (tertiary/aromatic N) is 2. The van der Waals surface area contributed by atoms with Crippen molar-refractivity contribution in [3.05, 3.63) is 18.1 Å². The lowest BCUT2D eigenvalue weighted by molar-refractivity contribution is 0.0691. The molecule has 0 aromatic carbocycles. The van der Waals surface area contributed by atoms with E-state index in [0.717, 1.165) is 0 Å². The van der Waals surface area contributed by atoms with Crippen molar-refractivity contribution in [2.45, 2.75) is 27.7 Å². The van der Waals surface area contributed by atoms with Gasteiger partial charge < -0.3 is 10.4 Å². The molecule has 0 aliphatic rings. The third-order valence-electron chi connectivity index (χ3n) is 3.18. The van der Waals surface area contributed by atoms with E-state index < -0.39 is 5.97 Å². The first-order valence-corrected chi connectivity index (χ1v) is 5.63. The number of hydrogen-bond donors (Lipinski definition) is 2. The fourth-order valence-electron chi connectivity index (χ4n) is 1.14. The Kier molecular flexibility index (Phi) is 4.04. The van der Waals surface area contributed by atoms with Crippen molar-refractivity contribution in [2.24, 2.45) is 11.3 Å². The lowest BCUT2D eigenvalue weighted by atomic mass is 9.81. The molecule has 0 aliphatic carbocycles. The summed E-state index contributed by atoms with van der Waals surface area (Å²) in [6, 6.07) is 0. The molecule has 1 rings (SSSR count). The molecule has 0 amide bonds. The van der Waals surface area contributed by atoms with Crippen LogP contribution in [0.1, 0.15) is 38.2 Å². The number of carboxylic acids is 1. The van der Waals surface area contributed by atoms with Crippen LogP contribution in [-0.2, 0) is 0 Å². The molecule has 1 aromatic heterocycles. The van der Waals surface area contributed by atoms with Gasteiger partial charge in [-0.2, -0.15) is 0 Å². The Bertz CT molecular complexity index is 402. The van der Waals surface area contributed by atoms with Gasteiger partial charge in [0.2, 0.25) is 0 Å². The van der Waals surface area contributed by atoms with E-state index >= 15 is 0 Å². The molecule has 0 radical (unpaired) electrons. The van der Waals surface area contributed by atoms with Gasteiger partial charge in [0.05, 0.1) is 0 Å². The van der Waals surface area contributed by atoms with E-state index in [9.17, 15) is 4.79 Å². The van der Waals surface area contributed by atoms with Crippen molar-refractivity contribution in [1.82, 2.24) is 9.97 Å². The molecule has 1 heterocycles. The summed E-state index contributed by atoms with van der Waals surface area (Å²) in [6.07, 6.45) is 2.86. The molecule has 0 atom stereocenters. The summed E-state index contributed by atoms with van der Waals surface area (Å²) in [5, 5.41) is 12.0. The highest BCUT2D eigenvalue weighted by Gasteiger charge is 2.23. The monoisotopic (exact) mass is 237 g/mol. The smallest absolute Gasteiger partial charge is 0.358 e. The molecule has 1 aromatic rings. The van der Waals surface area contributed by atoms with Gasteiger partial charge in [-0.3, -0.25) is 0 Å². The Morgan fingerprint density at radius 2 is 2.00 bits per heavy atom. The summed E-state index contributed by atoms with van der Waals surface area (Å²) < 4.78 is 0. The first-order chi connectivity index (χ1) is 7.84. The first-order valence-electron chi connectivity index (χ1n) is 5.63. The highest BCUT2D eigenvalue weighted by atomic mass is 16.4. The summed E-state index contributed by atoms with van der Waals surface area (Å²) >= 11 is 0. The molecule has 17 heavy (non-hydrogen) atoms. The van der Waals surface area contributed by atoms with Gasteiger partial charge in [-0.15, -0.1) is 0 Å². The summed E-state index contributed by atoms with van der Waals surface area (Å²) in [6.45, 7) is 9.18. The minimum absolute atomic E-state index is 0.0351. The van der Waals surface area contributed by atoms with Gasteiger partial charge in [0, 0.05) is 18.9 Å². The van der Waals surface area contributed by atoms with E-state index in [1.165, 1.54) is 12.4 Å². The average Bonchev–Trinajstić information content (AvgIpc) is 2.26. The predicted octanol–water partition coefficient (Wildman–Crippen LogP) is 2.27. The minimum atomic E-state index is -1.07. The molecule has 0 saturated carbocycles. The van der Waals surface area contributed by atoms with Crippen LogP contribution in [0.25, 0.3) is 0 Å². The van der Waals surface area contributed by atoms with E-state index in [-0.39, 0.29) is 11.1 Å². The molecular formula is C12H19N3O2. The van der Waals surface area contributed by atoms with Crippen LogP contribution < -0.4 is 5.32 Å². The van der Waals surface area contributed by atoms with Crippen molar-refractivity contribution in [3.63, 3.8) is 0 Å². The topological polar surface area (TPSA) is 75.1 Å². The van der Waals surface area contributed by atoms with E-state index in [1.54, 1.807) is 0 Å². The number of carboxylic acid groups (broad SMARTS) is 1. The third-order valence-corrected chi connectivity index (χ3v) is 3.18. The van der Waals surface area contributed by atoms with Crippen LogP contribution in [-0.4, -0.2) is 27.6 Å². The minimum Gasteiger partial charge on any atom is -0.476 e. The number of nitrogens with one attached hydrogen (secondary N) is 1. The summed E-state index contributed by atoms with van der Waals surface area (Å²) in [4.78, 5) is 18.7. The zero-order valence-electron chi connectivity index (χ0n) is 10.7. The van der Waals surface area contributed by atoms with Crippen molar-refractivity contribution in [1.29, 1.82) is 0 Å². The third kappa shape index (κ3) is 3.41. The largest absolute Gasteiger partial charge is 0.476 e. The first kappa shape index (κ1) is 13.4. The second-order valence-corrected chi connectivity index (χ2v) is 5.06. The van der Waals surface area contributed by atoms with Crippen LogP contribution in [0, 0.1) is 11.3 Å². The van der Waals surface area contributed by atoms with E-state index in [1.807, 2.05) is 0 Å². The molecule has 0 spiro atoms. The van der Waals surface area contributed by atoms with Crippen LogP contribution in [0.15, 0.2) is 12.4 Å². The Balaban J connectivity index is 2.79. The molecular weight excluding hydrogens is 218 g/mol. The molecule has 0 bridgehead atoms. The second kappa shape index (κ2) is 5.12. The maximum Gasteiger partial charge on any atom is 0.358 e. The number of aromatic carboxylic acids is 1. The van der Waals surface area contributed by atoms with E-state index in [0.29, 0.717) is 18.3 Å². The molecule has 0 unspecified atom stereocenters. The van der Waals surface area contributed by atoms with Crippen molar-refractivity contribution >= 4 is 11.8 Å². The van der Waals surface area contributed by atoms with Gasteiger partial charge in [0.1, 0.15) is 0 Å². The van der Waals surface area contributed by atoms with Gasteiger partial charge >= 0.3 is 5.97 Å². The van der Waals surface area contributed by atoms with Gasteiger partial charge in [-0.25, -0.2) is 14.8 Å². The highest BCUT2D eigenvalue weighted by Crippen LogP contribution is 2.26. The number of anilines is 1. The van der Waals surface area contributed by atoms with Crippen LogP contribution >= 0.6 is 0 Å². The maximum absolute atomic E-state index is 10.9. The molecule has 5 nitrogen and oxygen atoms in total. The van der Waals surface area contributed by atoms with Crippen LogP contribution in [0.3, 0.4) is 0 Å². The van der Waals surface area contributed by atoms with E-state index in [2.05, 4.69) is 43.0 Å². The van der Waals surface area contributed by atoms with Gasteiger partial charge in [0.25, 0.3) is 0 Å². The lowest BCUT2D eigenvalue weighted by Gasteiger charge is -2.29. The van der Waals surface area contributed by atoms with Crippen LogP contribution in [0.2, 0.25) is 0 Å².